The Morgan fingerprint density at radius 2 is 2.17 bits per heavy atom. The zero-order valence-corrected chi connectivity index (χ0v) is 12.3. The van der Waals surface area contributed by atoms with Crippen LogP contribution in [0.1, 0.15) is 31.7 Å². The van der Waals surface area contributed by atoms with Gasteiger partial charge in [-0.2, -0.15) is 0 Å². The molecular formula is C15H24ClNO. The first-order chi connectivity index (χ1) is 8.69. The summed E-state index contributed by atoms with van der Waals surface area (Å²) in [5.74, 6) is 1.14. The molecule has 0 fully saturated rings. The third-order valence-corrected chi connectivity index (χ3v) is 3.69. The second-order valence-corrected chi connectivity index (χ2v) is 5.18. The smallest absolute Gasteiger partial charge is 0.0587 e. The maximum Gasteiger partial charge on any atom is 0.0587 e. The summed E-state index contributed by atoms with van der Waals surface area (Å²) < 4.78 is 5.05. The Kier molecular flexibility index (Phi) is 7.33. The number of halogens is 1. The Bertz CT molecular complexity index is 343. The van der Waals surface area contributed by atoms with Gasteiger partial charge in [0.25, 0.3) is 0 Å². The van der Waals surface area contributed by atoms with Crippen molar-refractivity contribution in [2.45, 2.75) is 26.2 Å². The molecule has 0 aliphatic rings. The largest absolute Gasteiger partial charge is 0.383 e. The molecule has 1 rings (SSSR count). The van der Waals surface area contributed by atoms with Crippen molar-refractivity contribution in [1.82, 2.24) is 5.32 Å². The van der Waals surface area contributed by atoms with E-state index >= 15 is 0 Å². The average Bonchev–Trinajstić information content (AvgIpc) is 2.38. The van der Waals surface area contributed by atoms with Crippen molar-refractivity contribution in [3.8, 4) is 0 Å². The molecule has 2 atom stereocenters. The second kappa shape index (κ2) is 8.52. The van der Waals surface area contributed by atoms with Crippen LogP contribution in [0.4, 0.5) is 0 Å². The van der Waals surface area contributed by atoms with Crippen molar-refractivity contribution >= 4 is 11.6 Å². The summed E-state index contributed by atoms with van der Waals surface area (Å²) in [6, 6.07) is 8.20. The molecule has 0 radical (unpaired) electrons. The highest BCUT2D eigenvalue weighted by molar-refractivity contribution is 6.30. The fourth-order valence-corrected chi connectivity index (χ4v) is 2.30. The molecule has 2 nitrogen and oxygen atoms in total. The molecule has 0 saturated heterocycles. The molecular weight excluding hydrogens is 246 g/mol. The summed E-state index contributed by atoms with van der Waals surface area (Å²) in [7, 11) is 1.73. The zero-order valence-electron chi connectivity index (χ0n) is 11.6. The quantitative estimate of drug-likeness (QED) is 0.727. The Balaban J connectivity index is 2.66. The summed E-state index contributed by atoms with van der Waals surface area (Å²) >= 11 is 6.08. The van der Waals surface area contributed by atoms with Crippen molar-refractivity contribution in [2.24, 2.45) is 5.92 Å². The van der Waals surface area contributed by atoms with Crippen LogP contribution >= 0.6 is 11.6 Å². The molecule has 0 amide bonds. The van der Waals surface area contributed by atoms with Crippen molar-refractivity contribution in [2.75, 3.05) is 26.8 Å². The lowest BCUT2D eigenvalue weighted by Crippen LogP contribution is -2.28. The lowest BCUT2D eigenvalue weighted by atomic mass is 9.85. The Hall–Kier alpha value is -0.570. The third-order valence-electron chi connectivity index (χ3n) is 3.45. The molecule has 3 heteroatoms. The van der Waals surface area contributed by atoms with Crippen molar-refractivity contribution in [1.29, 1.82) is 0 Å². The average molecular weight is 270 g/mol. The van der Waals surface area contributed by atoms with Gasteiger partial charge in [0.1, 0.15) is 0 Å². The normalized spacial score (nSPS) is 14.4. The van der Waals surface area contributed by atoms with E-state index in [0.29, 0.717) is 11.8 Å². The van der Waals surface area contributed by atoms with Crippen molar-refractivity contribution in [3.63, 3.8) is 0 Å². The van der Waals surface area contributed by atoms with E-state index in [0.717, 1.165) is 24.7 Å². The zero-order chi connectivity index (χ0) is 13.4. The van der Waals surface area contributed by atoms with Crippen LogP contribution in [-0.2, 0) is 4.74 Å². The number of ether oxygens (including phenoxy) is 1. The first-order valence-corrected chi connectivity index (χ1v) is 7.02. The molecule has 0 bridgehead atoms. The van der Waals surface area contributed by atoms with E-state index < -0.39 is 0 Å². The maximum atomic E-state index is 6.08. The van der Waals surface area contributed by atoms with E-state index in [4.69, 9.17) is 16.3 Å². The van der Waals surface area contributed by atoms with E-state index in [1.165, 1.54) is 12.0 Å². The van der Waals surface area contributed by atoms with E-state index in [1.807, 2.05) is 12.1 Å². The molecule has 0 aliphatic heterocycles. The summed E-state index contributed by atoms with van der Waals surface area (Å²) in [4.78, 5) is 0. The van der Waals surface area contributed by atoms with Gasteiger partial charge in [-0.25, -0.2) is 0 Å². The molecule has 2 unspecified atom stereocenters. The second-order valence-electron chi connectivity index (χ2n) is 4.74. The van der Waals surface area contributed by atoms with Crippen LogP contribution in [0.15, 0.2) is 24.3 Å². The molecule has 0 aliphatic carbocycles. The summed E-state index contributed by atoms with van der Waals surface area (Å²) in [6.45, 7) is 7.15. The van der Waals surface area contributed by atoms with E-state index in [-0.39, 0.29) is 0 Å². The fourth-order valence-electron chi connectivity index (χ4n) is 2.10. The van der Waals surface area contributed by atoms with Crippen LogP contribution in [0.5, 0.6) is 0 Å². The molecule has 1 N–H and O–H groups in total. The molecule has 1 aromatic carbocycles. The van der Waals surface area contributed by atoms with Crippen LogP contribution in [-0.4, -0.2) is 26.8 Å². The van der Waals surface area contributed by atoms with Crippen molar-refractivity contribution < 1.29 is 4.74 Å². The Morgan fingerprint density at radius 3 is 2.78 bits per heavy atom. The minimum absolute atomic E-state index is 0.505. The highest BCUT2D eigenvalue weighted by Gasteiger charge is 2.17. The van der Waals surface area contributed by atoms with Crippen molar-refractivity contribution in [3.05, 3.63) is 34.9 Å². The molecule has 0 aromatic heterocycles. The minimum atomic E-state index is 0.505. The van der Waals surface area contributed by atoms with Crippen LogP contribution in [0, 0.1) is 5.92 Å². The minimum Gasteiger partial charge on any atom is -0.383 e. The summed E-state index contributed by atoms with van der Waals surface area (Å²) in [5, 5.41) is 4.27. The lowest BCUT2D eigenvalue weighted by molar-refractivity contribution is 0.198. The van der Waals surface area contributed by atoms with Gasteiger partial charge < -0.3 is 10.1 Å². The number of rotatable bonds is 8. The van der Waals surface area contributed by atoms with Crippen LogP contribution in [0.3, 0.4) is 0 Å². The van der Waals surface area contributed by atoms with Gasteiger partial charge >= 0.3 is 0 Å². The summed E-state index contributed by atoms with van der Waals surface area (Å²) in [6.07, 6.45) is 1.17. The van der Waals surface area contributed by atoms with E-state index in [9.17, 15) is 0 Å². The fraction of sp³-hybridized carbons (Fsp3) is 0.600. The van der Waals surface area contributed by atoms with Gasteiger partial charge in [0.2, 0.25) is 0 Å². The predicted molar refractivity (Wildman–Crippen MR) is 78.4 cm³/mol. The first kappa shape index (κ1) is 15.5. The Morgan fingerprint density at radius 1 is 1.39 bits per heavy atom. The van der Waals surface area contributed by atoms with Gasteiger partial charge in [-0.05, 0) is 29.5 Å². The standard InChI is InChI=1S/C15H24ClNO/c1-4-12(2)15(11-17-8-9-18-3)13-6-5-7-14(16)10-13/h5-7,10,12,15,17H,4,8-9,11H2,1-3H3. The number of hydrogen-bond donors (Lipinski definition) is 1. The van der Waals surface area contributed by atoms with Crippen LogP contribution < -0.4 is 5.32 Å². The molecule has 0 spiro atoms. The Labute approximate surface area is 116 Å². The van der Waals surface area contributed by atoms with Crippen LogP contribution in [0.25, 0.3) is 0 Å². The monoisotopic (exact) mass is 269 g/mol. The molecule has 18 heavy (non-hydrogen) atoms. The third kappa shape index (κ3) is 4.97. The van der Waals surface area contributed by atoms with Gasteiger partial charge in [0.05, 0.1) is 6.61 Å². The maximum absolute atomic E-state index is 6.08. The van der Waals surface area contributed by atoms with Gasteiger partial charge in [-0.15, -0.1) is 0 Å². The SMILES string of the molecule is CCC(C)C(CNCCOC)c1cccc(Cl)c1. The van der Waals surface area contributed by atoms with E-state index in [1.54, 1.807) is 7.11 Å². The van der Waals surface area contributed by atoms with Gasteiger partial charge in [-0.1, -0.05) is 44.0 Å². The highest BCUT2D eigenvalue weighted by atomic mass is 35.5. The first-order valence-electron chi connectivity index (χ1n) is 6.64. The lowest BCUT2D eigenvalue weighted by Gasteiger charge is -2.24. The number of methoxy groups -OCH3 is 1. The molecule has 102 valence electrons. The molecule has 0 heterocycles. The van der Waals surface area contributed by atoms with E-state index in [2.05, 4.69) is 31.3 Å². The topological polar surface area (TPSA) is 21.3 Å². The molecule has 1 aromatic rings. The van der Waals surface area contributed by atoms with Crippen LogP contribution in [0.2, 0.25) is 5.02 Å². The van der Waals surface area contributed by atoms with Gasteiger partial charge in [0.15, 0.2) is 0 Å². The highest BCUT2D eigenvalue weighted by Crippen LogP contribution is 2.28. The number of benzene rings is 1. The molecule has 0 saturated carbocycles. The predicted octanol–water partition coefficient (Wildman–Crippen LogP) is 3.71. The number of hydrogen-bond acceptors (Lipinski definition) is 2. The van der Waals surface area contributed by atoms with Gasteiger partial charge in [-0.3, -0.25) is 0 Å². The van der Waals surface area contributed by atoms with Gasteiger partial charge in [0, 0.05) is 25.2 Å². The number of nitrogens with one attached hydrogen (secondary N) is 1. The summed E-state index contributed by atoms with van der Waals surface area (Å²) in [5.41, 5.74) is 1.32.